The molecule has 0 bridgehead atoms. The molecule has 76 valence electrons. The lowest BCUT2D eigenvalue weighted by Gasteiger charge is -2.27. The summed E-state index contributed by atoms with van der Waals surface area (Å²) in [4.78, 5) is 2.14. The van der Waals surface area contributed by atoms with Gasteiger partial charge in [-0.25, -0.2) is 0 Å². The van der Waals surface area contributed by atoms with E-state index < -0.39 is 0 Å². The summed E-state index contributed by atoms with van der Waals surface area (Å²) in [6.45, 7) is 0.692. The SMILES string of the molecule is CN(c1cccnn1)C(CN)C1CC1. The van der Waals surface area contributed by atoms with Crippen LogP contribution < -0.4 is 10.6 Å². The van der Waals surface area contributed by atoms with Crippen LogP contribution in [0.3, 0.4) is 0 Å². The Labute approximate surface area is 84.1 Å². The molecule has 1 aromatic rings. The fraction of sp³-hybridized carbons (Fsp3) is 0.600. The molecule has 0 radical (unpaired) electrons. The van der Waals surface area contributed by atoms with Crippen LogP contribution in [-0.4, -0.2) is 29.8 Å². The van der Waals surface area contributed by atoms with Crippen molar-refractivity contribution in [2.45, 2.75) is 18.9 Å². The molecule has 1 atom stereocenters. The first-order chi connectivity index (χ1) is 6.83. The Balaban J connectivity index is 2.09. The number of aromatic nitrogens is 2. The Morgan fingerprint density at radius 2 is 2.43 bits per heavy atom. The molecule has 1 aliphatic rings. The van der Waals surface area contributed by atoms with Crippen molar-refractivity contribution in [2.75, 3.05) is 18.5 Å². The van der Waals surface area contributed by atoms with Crippen LogP contribution in [0, 0.1) is 5.92 Å². The van der Waals surface area contributed by atoms with Crippen molar-refractivity contribution in [3.8, 4) is 0 Å². The first-order valence-electron chi connectivity index (χ1n) is 5.03. The molecule has 4 nitrogen and oxygen atoms in total. The number of nitrogens with two attached hydrogens (primary N) is 1. The second kappa shape index (κ2) is 3.92. The van der Waals surface area contributed by atoms with E-state index in [-0.39, 0.29) is 0 Å². The van der Waals surface area contributed by atoms with E-state index in [2.05, 4.69) is 15.1 Å². The summed E-state index contributed by atoms with van der Waals surface area (Å²) in [6, 6.07) is 4.30. The summed E-state index contributed by atoms with van der Waals surface area (Å²) in [5, 5.41) is 7.95. The van der Waals surface area contributed by atoms with E-state index >= 15 is 0 Å². The van der Waals surface area contributed by atoms with E-state index in [4.69, 9.17) is 5.73 Å². The van der Waals surface area contributed by atoms with Gasteiger partial charge in [0, 0.05) is 25.8 Å². The molecular formula is C10H16N4. The monoisotopic (exact) mass is 192 g/mol. The Kier molecular flexibility index (Phi) is 2.63. The van der Waals surface area contributed by atoms with Crippen molar-refractivity contribution in [3.05, 3.63) is 18.3 Å². The van der Waals surface area contributed by atoms with Gasteiger partial charge in [0.05, 0.1) is 0 Å². The van der Waals surface area contributed by atoms with Crippen molar-refractivity contribution >= 4 is 5.82 Å². The van der Waals surface area contributed by atoms with Gasteiger partial charge in [0.2, 0.25) is 0 Å². The van der Waals surface area contributed by atoms with Crippen LogP contribution >= 0.6 is 0 Å². The zero-order valence-corrected chi connectivity index (χ0v) is 8.43. The molecule has 1 fully saturated rings. The fourth-order valence-corrected chi connectivity index (χ4v) is 1.80. The average Bonchev–Trinajstić information content (AvgIpc) is 3.04. The molecule has 0 spiro atoms. The third-order valence-corrected chi connectivity index (χ3v) is 2.82. The van der Waals surface area contributed by atoms with E-state index in [1.165, 1.54) is 12.8 Å². The number of hydrogen-bond donors (Lipinski definition) is 1. The van der Waals surface area contributed by atoms with Gasteiger partial charge in [-0.05, 0) is 30.9 Å². The summed E-state index contributed by atoms with van der Waals surface area (Å²) in [7, 11) is 2.04. The zero-order chi connectivity index (χ0) is 9.97. The van der Waals surface area contributed by atoms with Crippen molar-refractivity contribution in [2.24, 2.45) is 11.7 Å². The Bertz CT molecular complexity index is 283. The van der Waals surface area contributed by atoms with Gasteiger partial charge in [-0.2, -0.15) is 5.10 Å². The third-order valence-electron chi connectivity index (χ3n) is 2.82. The van der Waals surface area contributed by atoms with Crippen LogP contribution in [0.1, 0.15) is 12.8 Å². The van der Waals surface area contributed by atoms with Crippen LogP contribution in [0.25, 0.3) is 0 Å². The highest BCUT2D eigenvalue weighted by atomic mass is 15.3. The third kappa shape index (κ3) is 1.85. The fourth-order valence-electron chi connectivity index (χ4n) is 1.80. The van der Waals surface area contributed by atoms with Crippen LogP contribution in [0.15, 0.2) is 18.3 Å². The quantitative estimate of drug-likeness (QED) is 0.761. The molecular weight excluding hydrogens is 176 g/mol. The van der Waals surface area contributed by atoms with E-state index in [0.29, 0.717) is 12.6 Å². The summed E-state index contributed by atoms with van der Waals surface area (Å²) in [6.07, 6.45) is 4.28. The van der Waals surface area contributed by atoms with Crippen LogP contribution in [0.5, 0.6) is 0 Å². The smallest absolute Gasteiger partial charge is 0.151 e. The molecule has 1 saturated carbocycles. The Hall–Kier alpha value is -1.16. The minimum Gasteiger partial charge on any atom is -0.354 e. The van der Waals surface area contributed by atoms with Crippen LogP contribution in [-0.2, 0) is 0 Å². The lowest BCUT2D eigenvalue weighted by Crippen LogP contribution is -2.40. The van der Waals surface area contributed by atoms with Crippen molar-refractivity contribution in [3.63, 3.8) is 0 Å². The second-order valence-electron chi connectivity index (χ2n) is 3.83. The van der Waals surface area contributed by atoms with Crippen molar-refractivity contribution in [1.82, 2.24) is 10.2 Å². The molecule has 0 aliphatic heterocycles. The molecule has 2 rings (SSSR count). The van der Waals surface area contributed by atoms with Gasteiger partial charge in [-0.3, -0.25) is 0 Å². The largest absolute Gasteiger partial charge is 0.354 e. The highest BCUT2D eigenvalue weighted by Crippen LogP contribution is 2.35. The average molecular weight is 192 g/mol. The lowest BCUT2D eigenvalue weighted by atomic mass is 10.1. The number of rotatable bonds is 4. The molecule has 14 heavy (non-hydrogen) atoms. The summed E-state index contributed by atoms with van der Waals surface area (Å²) < 4.78 is 0. The molecule has 1 heterocycles. The van der Waals surface area contributed by atoms with Crippen molar-refractivity contribution in [1.29, 1.82) is 0 Å². The molecule has 0 saturated heterocycles. The molecule has 0 amide bonds. The first kappa shape index (κ1) is 9.40. The Morgan fingerprint density at radius 3 is 2.93 bits per heavy atom. The van der Waals surface area contributed by atoms with Crippen LogP contribution in [0.4, 0.5) is 5.82 Å². The van der Waals surface area contributed by atoms with E-state index in [1.54, 1.807) is 6.20 Å². The first-order valence-corrected chi connectivity index (χ1v) is 5.03. The van der Waals surface area contributed by atoms with E-state index in [1.807, 2.05) is 19.2 Å². The molecule has 1 aliphatic carbocycles. The van der Waals surface area contributed by atoms with Gasteiger partial charge in [0.15, 0.2) is 5.82 Å². The molecule has 0 aromatic carbocycles. The molecule has 1 aromatic heterocycles. The predicted octanol–water partition coefficient (Wildman–Crippen LogP) is 0.650. The number of hydrogen-bond acceptors (Lipinski definition) is 4. The van der Waals surface area contributed by atoms with Crippen molar-refractivity contribution < 1.29 is 0 Å². The predicted molar refractivity (Wildman–Crippen MR) is 56.0 cm³/mol. The molecule has 4 heteroatoms. The minimum absolute atomic E-state index is 0.423. The highest BCUT2D eigenvalue weighted by Gasteiger charge is 2.33. The van der Waals surface area contributed by atoms with Gasteiger partial charge in [-0.15, -0.1) is 5.10 Å². The number of nitrogens with zero attached hydrogens (tertiary/aromatic N) is 3. The summed E-state index contributed by atoms with van der Waals surface area (Å²) in [5.41, 5.74) is 5.76. The van der Waals surface area contributed by atoms with Gasteiger partial charge in [0.25, 0.3) is 0 Å². The maximum absolute atomic E-state index is 5.76. The minimum atomic E-state index is 0.423. The maximum Gasteiger partial charge on any atom is 0.151 e. The van der Waals surface area contributed by atoms with E-state index in [9.17, 15) is 0 Å². The Morgan fingerprint density at radius 1 is 1.64 bits per heavy atom. The van der Waals surface area contributed by atoms with Crippen LogP contribution in [0.2, 0.25) is 0 Å². The second-order valence-corrected chi connectivity index (χ2v) is 3.83. The normalized spacial score (nSPS) is 17.9. The van der Waals surface area contributed by atoms with Gasteiger partial charge >= 0.3 is 0 Å². The van der Waals surface area contributed by atoms with Gasteiger partial charge in [-0.1, -0.05) is 0 Å². The van der Waals surface area contributed by atoms with Gasteiger partial charge < -0.3 is 10.6 Å². The zero-order valence-electron chi connectivity index (χ0n) is 8.43. The van der Waals surface area contributed by atoms with E-state index in [0.717, 1.165) is 11.7 Å². The topological polar surface area (TPSA) is 55.0 Å². The summed E-state index contributed by atoms with van der Waals surface area (Å²) in [5.74, 6) is 1.67. The highest BCUT2D eigenvalue weighted by molar-refractivity contribution is 5.37. The lowest BCUT2D eigenvalue weighted by molar-refractivity contribution is 0.564. The maximum atomic E-state index is 5.76. The number of anilines is 1. The molecule has 2 N–H and O–H groups in total. The molecule has 1 unspecified atom stereocenters. The standard InChI is InChI=1S/C10H16N4/c1-14(9(7-11)8-4-5-8)10-3-2-6-12-13-10/h2-3,6,8-9H,4-5,7,11H2,1H3. The number of likely N-dealkylation sites (N-methyl/N-ethyl adjacent to an activating group) is 1. The van der Waals surface area contributed by atoms with Gasteiger partial charge in [0.1, 0.15) is 0 Å². The summed E-state index contributed by atoms with van der Waals surface area (Å²) >= 11 is 0.